The number of nitrogens with zero attached hydrogens (tertiary/aromatic N) is 2. The predicted octanol–water partition coefficient (Wildman–Crippen LogP) is 3.56. The maximum absolute atomic E-state index is 6.23. The van der Waals surface area contributed by atoms with E-state index in [1.54, 1.807) is 19.4 Å². The number of imidazole rings is 1. The van der Waals surface area contributed by atoms with Gasteiger partial charge in [-0.2, -0.15) is 0 Å². The molecule has 23 heavy (non-hydrogen) atoms. The molecule has 1 fully saturated rings. The predicted molar refractivity (Wildman–Crippen MR) is 88.2 cm³/mol. The molecular weight excluding hydrogens is 316 g/mol. The summed E-state index contributed by atoms with van der Waals surface area (Å²) in [6.45, 7) is 2.84. The van der Waals surface area contributed by atoms with Gasteiger partial charge in [0.1, 0.15) is 17.6 Å². The average Bonchev–Trinajstić information content (AvgIpc) is 3.21. The lowest BCUT2D eigenvalue weighted by atomic mass is 10.1. The molecule has 2 heterocycles. The normalized spacial score (nSPS) is 22.0. The molecule has 0 spiro atoms. The van der Waals surface area contributed by atoms with E-state index in [1.165, 1.54) is 0 Å². The number of ether oxygens (including phenoxy) is 3. The zero-order valence-corrected chi connectivity index (χ0v) is 14.1. The molecule has 1 saturated heterocycles. The smallest absolute Gasteiger partial charge is 0.138 e. The molecule has 2 aromatic rings. The molecule has 3 rings (SSSR count). The van der Waals surface area contributed by atoms with E-state index in [0.717, 1.165) is 19.4 Å². The number of halogens is 1. The summed E-state index contributed by atoms with van der Waals surface area (Å²) >= 11 is 6.23. The van der Waals surface area contributed by atoms with Gasteiger partial charge in [0.15, 0.2) is 0 Å². The van der Waals surface area contributed by atoms with E-state index in [9.17, 15) is 0 Å². The number of rotatable bonds is 6. The summed E-state index contributed by atoms with van der Waals surface area (Å²) in [4.78, 5) is 4.06. The van der Waals surface area contributed by atoms with Crippen LogP contribution in [-0.4, -0.2) is 35.0 Å². The Kier molecular flexibility index (Phi) is 5.08. The lowest BCUT2D eigenvalue weighted by Gasteiger charge is -2.22. The Labute approximate surface area is 141 Å². The molecule has 124 valence electrons. The van der Waals surface area contributed by atoms with E-state index in [-0.39, 0.29) is 18.3 Å². The third kappa shape index (κ3) is 3.98. The van der Waals surface area contributed by atoms with Gasteiger partial charge in [-0.25, -0.2) is 4.98 Å². The minimum Gasteiger partial charge on any atom is -0.497 e. The van der Waals surface area contributed by atoms with Gasteiger partial charge in [0, 0.05) is 25.0 Å². The molecule has 0 amide bonds. The Morgan fingerprint density at radius 3 is 3.00 bits per heavy atom. The van der Waals surface area contributed by atoms with Gasteiger partial charge < -0.3 is 18.8 Å². The van der Waals surface area contributed by atoms with Crippen molar-refractivity contribution < 1.29 is 14.2 Å². The van der Waals surface area contributed by atoms with Crippen molar-refractivity contribution in [1.29, 1.82) is 0 Å². The maximum Gasteiger partial charge on any atom is 0.138 e. The molecule has 1 aliphatic rings. The van der Waals surface area contributed by atoms with Gasteiger partial charge >= 0.3 is 0 Å². The molecule has 3 unspecified atom stereocenters. The van der Waals surface area contributed by atoms with Gasteiger partial charge in [-0.3, -0.25) is 0 Å². The number of hydrogen-bond donors (Lipinski definition) is 0. The lowest BCUT2D eigenvalue weighted by Crippen LogP contribution is -2.30. The summed E-state index contributed by atoms with van der Waals surface area (Å²) in [5, 5.41) is 0.546. The second kappa shape index (κ2) is 7.23. The van der Waals surface area contributed by atoms with Crippen molar-refractivity contribution in [3.63, 3.8) is 0 Å². The summed E-state index contributed by atoms with van der Waals surface area (Å²) in [5.74, 6) is 1.37. The van der Waals surface area contributed by atoms with E-state index in [4.69, 9.17) is 25.8 Å². The van der Waals surface area contributed by atoms with E-state index in [2.05, 4.69) is 4.98 Å². The molecule has 0 aliphatic carbocycles. The fraction of sp³-hybridized carbons (Fsp3) is 0.471. The highest BCUT2D eigenvalue weighted by Crippen LogP contribution is 2.32. The summed E-state index contributed by atoms with van der Waals surface area (Å²) in [6.07, 6.45) is 7.76. The summed E-state index contributed by atoms with van der Waals surface area (Å²) in [5.41, 5.74) is 0. The van der Waals surface area contributed by atoms with Crippen molar-refractivity contribution >= 4 is 11.6 Å². The monoisotopic (exact) mass is 336 g/mol. The third-order valence-electron chi connectivity index (χ3n) is 4.09. The second-order valence-corrected chi connectivity index (χ2v) is 6.16. The Morgan fingerprint density at radius 1 is 1.43 bits per heavy atom. The first-order chi connectivity index (χ1) is 11.2. The van der Waals surface area contributed by atoms with Gasteiger partial charge in [-0.05, 0) is 31.9 Å². The van der Waals surface area contributed by atoms with E-state index >= 15 is 0 Å². The zero-order chi connectivity index (χ0) is 16.2. The van der Waals surface area contributed by atoms with Gasteiger partial charge in [-0.1, -0.05) is 11.6 Å². The quantitative estimate of drug-likeness (QED) is 0.809. The van der Waals surface area contributed by atoms with E-state index in [0.29, 0.717) is 16.5 Å². The van der Waals surface area contributed by atoms with Crippen molar-refractivity contribution in [2.75, 3.05) is 7.11 Å². The standard InChI is InChI=1S/C17H21ClN2O3/c1-12(22-17-6-3-13(21-2)9-15(17)18)16-5-4-14(23-16)10-20-8-7-19-11-20/h3,6-9,11-12,14,16H,4-5,10H2,1-2H3. The van der Waals surface area contributed by atoms with Crippen LogP contribution in [0.3, 0.4) is 0 Å². The Balaban J connectivity index is 1.55. The highest BCUT2D eigenvalue weighted by atomic mass is 35.5. The zero-order valence-electron chi connectivity index (χ0n) is 13.3. The molecule has 1 aliphatic heterocycles. The van der Waals surface area contributed by atoms with Crippen LogP contribution in [0.4, 0.5) is 0 Å². The van der Waals surface area contributed by atoms with Crippen LogP contribution in [0.2, 0.25) is 5.02 Å². The van der Waals surface area contributed by atoms with E-state index in [1.807, 2.05) is 36.1 Å². The minimum atomic E-state index is -0.0614. The second-order valence-electron chi connectivity index (χ2n) is 5.75. The van der Waals surface area contributed by atoms with Crippen LogP contribution in [0.1, 0.15) is 19.8 Å². The SMILES string of the molecule is COc1ccc(OC(C)C2CCC(Cn3ccnc3)O2)c(Cl)c1. The maximum atomic E-state index is 6.23. The first-order valence-corrected chi connectivity index (χ1v) is 8.15. The lowest BCUT2D eigenvalue weighted by molar-refractivity contribution is -0.0217. The van der Waals surface area contributed by atoms with Crippen molar-refractivity contribution in [3.8, 4) is 11.5 Å². The number of hydrogen-bond acceptors (Lipinski definition) is 4. The molecular formula is C17H21ClN2O3. The first kappa shape index (κ1) is 16.1. The molecule has 0 bridgehead atoms. The number of benzene rings is 1. The summed E-state index contributed by atoms with van der Waals surface area (Å²) in [7, 11) is 1.61. The number of methoxy groups -OCH3 is 1. The van der Waals surface area contributed by atoms with E-state index < -0.39 is 0 Å². The van der Waals surface area contributed by atoms with Crippen LogP contribution < -0.4 is 9.47 Å². The molecule has 3 atom stereocenters. The summed E-state index contributed by atoms with van der Waals surface area (Å²) in [6, 6.07) is 5.42. The molecule has 1 aromatic carbocycles. The highest BCUT2D eigenvalue weighted by molar-refractivity contribution is 6.32. The van der Waals surface area contributed by atoms with Gasteiger partial charge in [0.05, 0.1) is 30.7 Å². The van der Waals surface area contributed by atoms with Gasteiger partial charge in [0.25, 0.3) is 0 Å². The number of aromatic nitrogens is 2. The highest BCUT2D eigenvalue weighted by Gasteiger charge is 2.31. The first-order valence-electron chi connectivity index (χ1n) is 7.77. The minimum absolute atomic E-state index is 0.0614. The molecule has 0 N–H and O–H groups in total. The fourth-order valence-electron chi connectivity index (χ4n) is 2.82. The Bertz CT molecular complexity index is 633. The van der Waals surface area contributed by atoms with Crippen LogP contribution in [0.15, 0.2) is 36.9 Å². The van der Waals surface area contributed by atoms with Gasteiger partial charge in [0.2, 0.25) is 0 Å². The van der Waals surface area contributed by atoms with Crippen molar-refractivity contribution in [1.82, 2.24) is 9.55 Å². The van der Waals surface area contributed by atoms with Crippen molar-refractivity contribution in [2.24, 2.45) is 0 Å². The van der Waals surface area contributed by atoms with Gasteiger partial charge in [-0.15, -0.1) is 0 Å². The Morgan fingerprint density at radius 2 is 2.30 bits per heavy atom. The van der Waals surface area contributed by atoms with Crippen LogP contribution >= 0.6 is 11.6 Å². The molecule has 0 radical (unpaired) electrons. The molecule has 5 nitrogen and oxygen atoms in total. The molecule has 1 aromatic heterocycles. The van der Waals surface area contributed by atoms with Crippen LogP contribution in [0.5, 0.6) is 11.5 Å². The third-order valence-corrected chi connectivity index (χ3v) is 4.38. The Hall–Kier alpha value is -1.72. The molecule has 6 heteroatoms. The van der Waals surface area contributed by atoms with Crippen LogP contribution in [0.25, 0.3) is 0 Å². The van der Waals surface area contributed by atoms with Crippen molar-refractivity contribution in [3.05, 3.63) is 41.9 Å². The summed E-state index contributed by atoms with van der Waals surface area (Å²) < 4.78 is 19.3. The van der Waals surface area contributed by atoms with Crippen LogP contribution in [0, 0.1) is 0 Å². The molecule has 0 saturated carbocycles. The fourth-order valence-corrected chi connectivity index (χ4v) is 3.04. The van der Waals surface area contributed by atoms with Crippen LogP contribution in [-0.2, 0) is 11.3 Å². The topological polar surface area (TPSA) is 45.5 Å². The average molecular weight is 337 g/mol. The largest absolute Gasteiger partial charge is 0.497 e. The van der Waals surface area contributed by atoms with Crippen molar-refractivity contribution in [2.45, 2.75) is 44.6 Å².